The van der Waals surface area contributed by atoms with Gasteiger partial charge in [-0.1, -0.05) is 24.3 Å². The molecule has 0 amide bonds. The van der Waals surface area contributed by atoms with E-state index in [1.165, 1.54) is 24.3 Å². The molecule has 0 aliphatic carbocycles. The number of benzene rings is 3. The van der Waals surface area contributed by atoms with Gasteiger partial charge in [0.2, 0.25) is 11.2 Å². The lowest BCUT2D eigenvalue weighted by molar-refractivity contribution is -0.137. The van der Waals surface area contributed by atoms with Crippen LogP contribution in [0.4, 0.5) is 24.5 Å². The third kappa shape index (κ3) is 6.90. The second kappa shape index (κ2) is 11.9. The van der Waals surface area contributed by atoms with Crippen LogP contribution in [0.2, 0.25) is 0 Å². The topological polar surface area (TPSA) is 118 Å². The van der Waals surface area contributed by atoms with Crippen molar-refractivity contribution in [1.82, 2.24) is 0 Å². The quantitative estimate of drug-likeness (QED) is 0.135. The summed E-state index contributed by atoms with van der Waals surface area (Å²) in [5.74, 6) is -0.485. The molecule has 204 valence electrons. The number of ether oxygens (including phenoxy) is 2. The fourth-order valence-corrected chi connectivity index (χ4v) is 4.03. The molecule has 1 heterocycles. The van der Waals surface area contributed by atoms with E-state index in [9.17, 15) is 22.8 Å². The van der Waals surface area contributed by atoms with Gasteiger partial charge in [-0.25, -0.2) is 4.79 Å². The molecule has 7 nitrogen and oxygen atoms in total. The van der Waals surface area contributed by atoms with Crippen LogP contribution < -0.4 is 21.6 Å². The highest BCUT2D eigenvalue weighted by atomic mass is 19.4. The molecule has 0 spiro atoms. The maximum atomic E-state index is 13.1. The minimum atomic E-state index is -4.48. The van der Waals surface area contributed by atoms with Crippen molar-refractivity contribution < 1.29 is 31.9 Å². The van der Waals surface area contributed by atoms with Gasteiger partial charge in [-0.15, -0.1) is 0 Å². The number of hydrogen-bond acceptors (Lipinski definition) is 7. The van der Waals surface area contributed by atoms with Crippen LogP contribution in [0.1, 0.15) is 41.6 Å². The first-order valence-electron chi connectivity index (χ1n) is 12.3. The zero-order valence-corrected chi connectivity index (χ0v) is 20.9. The van der Waals surface area contributed by atoms with Crippen molar-refractivity contribution in [2.24, 2.45) is 0 Å². The van der Waals surface area contributed by atoms with E-state index in [0.717, 1.165) is 25.0 Å². The number of rotatable bonds is 10. The Bertz CT molecular complexity index is 1490. The molecule has 4 N–H and O–H groups in total. The predicted molar refractivity (Wildman–Crippen MR) is 142 cm³/mol. The summed E-state index contributed by atoms with van der Waals surface area (Å²) < 4.78 is 56.0. The molecule has 0 saturated heterocycles. The Morgan fingerprint density at radius 1 is 0.846 bits per heavy atom. The Labute approximate surface area is 222 Å². The molecule has 0 bridgehead atoms. The fraction of sp³-hybridized carbons (Fsp3) is 0.241. The van der Waals surface area contributed by atoms with Gasteiger partial charge < -0.3 is 25.4 Å². The number of carbonyl (C=O) groups is 1. The van der Waals surface area contributed by atoms with Gasteiger partial charge in [-0.3, -0.25) is 4.79 Å². The number of hydrogen-bond donors (Lipinski definition) is 2. The maximum Gasteiger partial charge on any atom is 0.416 e. The van der Waals surface area contributed by atoms with Crippen molar-refractivity contribution in [3.05, 3.63) is 88.1 Å². The number of nitrogens with two attached hydrogens (primary N) is 2. The van der Waals surface area contributed by atoms with Crippen LogP contribution in [-0.2, 0) is 10.9 Å². The number of nitrogen functional groups attached to an aromatic ring is 2. The van der Waals surface area contributed by atoms with E-state index >= 15 is 0 Å². The van der Waals surface area contributed by atoms with Crippen LogP contribution in [0.5, 0.6) is 5.75 Å². The Hall–Kier alpha value is -4.47. The molecule has 0 fully saturated rings. The molecule has 0 unspecified atom stereocenters. The highest BCUT2D eigenvalue weighted by Gasteiger charge is 2.30. The van der Waals surface area contributed by atoms with E-state index in [2.05, 4.69) is 0 Å². The first-order valence-corrected chi connectivity index (χ1v) is 12.3. The third-order valence-corrected chi connectivity index (χ3v) is 5.96. The molecule has 3 aromatic carbocycles. The van der Waals surface area contributed by atoms with Crippen molar-refractivity contribution in [2.45, 2.75) is 31.9 Å². The highest BCUT2D eigenvalue weighted by Crippen LogP contribution is 2.34. The highest BCUT2D eigenvalue weighted by molar-refractivity contribution is 5.91. The number of halogens is 3. The monoisotopic (exact) mass is 540 g/mol. The van der Waals surface area contributed by atoms with Crippen molar-refractivity contribution in [3.8, 4) is 17.1 Å². The standard InChI is InChI=1S/C29H27F3N2O5/c30-29(31,32)20-11-9-18(10-12-20)26-27(25(35)23-7-3-4-8-24(23)39-26)37-13-5-1-2-6-14-38-28(36)19-15-21(33)17-22(34)16-19/h3-4,7-12,15-17H,1-2,5-6,13-14,33-34H2. The van der Waals surface area contributed by atoms with Gasteiger partial charge in [0.05, 0.1) is 29.7 Å². The molecule has 4 aromatic rings. The van der Waals surface area contributed by atoms with Gasteiger partial charge in [0.25, 0.3) is 0 Å². The van der Waals surface area contributed by atoms with E-state index in [1.54, 1.807) is 30.3 Å². The predicted octanol–water partition coefficient (Wildman–Crippen LogP) is 6.44. The minimum absolute atomic E-state index is 0.0520. The fourth-order valence-electron chi connectivity index (χ4n) is 4.03. The normalized spacial score (nSPS) is 11.5. The van der Waals surface area contributed by atoms with Crippen LogP contribution in [0, 0.1) is 0 Å². The van der Waals surface area contributed by atoms with Crippen molar-refractivity contribution in [2.75, 3.05) is 24.7 Å². The van der Waals surface area contributed by atoms with Gasteiger partial charge in [0, 0.05) is 16.9 Å². The molecule has 10 heteroatoms. The Morgan fingerprint density at radius 2 is 1.49 bits per heavy atom. The molecule has 0 atom stereocenters. The summed E-state index contributed by atoms with van der Waals surface area (Å²) in [5, 5.41) is 0.312. The largest absolute Gasteiger partial charge is 0.486 e. The van der Waals surface area contributed by atoms with E-state index in [4.69, 9.17) is 25.4 Å². The van der Waals surface area contributed by atoms with Gasteiger partial charge in [0.15, 0.2) is 5.76 Å². The lowest BCUT2D eigenvalue weighted by Gasteiger charge is -2.13. The molecular formula is C29H27F3N2O5. The molecule has 4 rings (SSSR count). The zero-order valence-electron chi connectivity index (χ0n) is 20.9. The summed E-state index contributed by atoms with van der Waals surface area (Å²) >= 11 is 0. The Balaban J connectivity index is 1.34. The molecule has 0 radical (unpaired) electrons. The lowest BCUT2D eigenvalue weighted by Crippen LogP contribution is -2.11. The summed E-state index contributed by atoms with van der Waals surface area (Å²) in [5.41, 5.74) is 11.8. The lowest BCUT2D eigenvalue weighted by atomic mass is 10.1. The number of para-hydroxylation sites is 1. The Kier molecular flexibility index (Phi) is 8.43. The molecule has 1 aromatic heterocycles. The number of fused-ring (bicyclic) bond motifs is 1. The first-order chi connectivity index (χ1) is 18.6. The average molecular weight is 541 g/mol. The summed E-state index contributed by atoms with van der Waals surface area (Å²) in [7, 11) is 0. The first kappa shape index (κ1) is 27.6. The number of alkyl halides is 3. The SMILES string of the molecule is Nc1cc(N)cc(C(=O)OCCCCCCOc2c(-c3ccc(C(F)(F)F)cc3)oc3ccccc3c2=O)c1. The number of anilines is 2. The van der Waals surface area contributed by atoms with Crippen LogP contribution >= 0.6 is 0 Å². The maximum absolute atomic E-state index is 13.1. The second-order valence-electron chi connectivity index (χ2n) is 8.95. The zero-order chi connectivity index (χ0) is 28.0. The molecule has 0 aliphatic heterocycles. The van der Waals surface area contributed by atoms with Gasteiger partial charge in [-0.2, -0.15) is 13.2 Å². The summed E-state index contributed by atoms with van der Waals surface area (Å²) in [6.07, 6.45) is -1.79. The third-order valence-electron chi connectivity index (χ3n) is 5.96. The molecule has 39 heavy (non-hydrogen) atoms. The van der Waals surface area contributed by atoms with Crippen molar-refractivity contribution in [3.63, 3.8) is 0 Å². The molecule has 0 saturated carbocycles. The van der Waals surface area contributed by atoms with Crippen LogP contribution in [0.25, 0.3) is 22.3 Å². The van der Waals surface area contributed by atoms with E-state index in [-0.39, 0.29) is 24.7 Å². The van der Waals surface area contributed by atoms with E-state index in [0.29, 0.717) is 46.3 Å². The molecular weight excluding hydrogens is 513 g/mol. The summed E-state index contributed by atoms with van der Waals surface area (Å²) in [4.78, 5) is 25.3. The summed E-state index contributed by atoms with van der Waals surface area (Å²) in [6.45, 7) is 0.416. The number of esters is 1. The average Bonchev–Trinajstić information content (AvgIpc) is 2.90. The summed E-state index contributed by atoms with van der Waals surface area (Å²) in [6, 6.07) is 15.5. The van der Waals surface area contributed by atoms with Crippen LogP contribution in [-0.4, -0.2) is 19.2 Å². The Morgan fingerprint density at radius 3 is 2.15 bits per heavy atom. The van der Waals surface area contributed by atoms with Gasteiger partial charge in [0.1, 0.15) is 5.58 Å². The van der Waals surface area contributed by atoms with Crippen LogP contribution in [0.3, 0.4) is 0 Å². The molecule has 0 aliphatic rings. The van der Waals surface area contributed by atoms with Gasteiger partial charge in [-0.05, 0) is 68.1 Å². The second-order valence-corrected chi connectivity index (χ2v) is 8.95. The van der Waals surface area contributed by atoms with Crippen molar-refractivity contribution in [1.29, 1.82) is 0 Å². The van der Waals surface area contributed by atoms with E-state index in [1.807, 2.05) is 0 Å². The minimum Gasteiger partial charge on any atom is -0.486 e. The smallest absolute Gasteiger partial charge is 0.416 e. The van der Waals surface area contributed by atoms with Crippen molar-refractivity contribution >= 4 is 28.3 Å². The number of unbranched alkanes of at least 4 members (excludes halogenated alkanes) is 3. The van der Waals surface area contributed by atoms with Gasteiger partial charge >= 0.3 is 12.1 Å². The van der Waals surface area contributed by atoms with E-state index < -0.39 is 23.1 Å². The van der Waals surface area contributed by atoms with Crippen LogP contribution in [0.15, 0.2) is 75.9 Å². The number of carbonyl (C=O) groups excluding carboxylic acids is 1.